The first kappa shape index (κ1) is 14.4. The van der Waals surface area contributed by atoms with Crippen LogP contribution >= 0.6 is 0 Å². The van der Waals surface area contributed by atoms with E-state index >= 15 is 0 Å². The normalized spacial score (nSPS) is 10.1. The third kappa shape index (κ3) is 3.50. The molecule has 0 saturated carbocycles. The Labute approximate surface area is 118 Å². The number of rotatable bonds is 5. The average Bonchev–Trinajstić information content (AvgIpc) is 2.44. The summed E-state index contributed by atoms with van der Waals surface area (Å²) in [5.74, 6) is -0.755. The van der Waals surface area contributed by atoms with Crippen LogP contribution in [0.2, 0.25) is 0 Å². The van der Waals surface area contributed by atoms with Gasteiger partial charge in [-0.2, -0.15) is 0 Å². The molecule has 0 amide bonds. The zero-order valence-corrected chi connectivity index (χ0v) is 10.7. The number of anilines is 1. The van der Waals surface area contributed by atoms with Gasteiger partial charge in [-0.3, -0.25) is 20.2 Å². The predicted octanol–water partition coefficient (Wildman–Crippen LogP) is 3.25. The summed E-state index contributed by atoms with van der Waals surface area (Å²) < 4.78 is 13.3. The Kier molecular flexibility index (Phi) is 4.07. The molecule has 0 atom stereocenters. The lowest BCUT2D eigenvalue weighted by atomic mass is 10.1. The second kappa shape index (κ2) is 5.95. The number of hydrogen-bond donors (Lipinski definition) is 1. The Hall–Kier alpha value is -3.03. The second-order valence-corrected chi connectivity index (χ2v) is 4.19. The lowest BCUT2D eigenvalue weighted by Gasteiger charge is -2.07. The fraction of sp³-hybridized carbons (Fsp3) is 0.0769. The minimum Gasteiger partial charge on any atom is -0.380 e. The number of nitrogens with one attached hydrogen (secondary N) is 1. The van der Waals surface area contributed by atoms with Gasteiger partial charge in [0.05, 0.1) is 15.9 Å². The number of hydrogen-bond acceptors (Lipinski definition) is 5. The highest BCUT2D eigenvalue weighted by Gasteiger charge is 2.13. The van der Waals surface area contributed by atoms with Crippen LogP contribution < -0.4 is 5.32 Å². The molecule has 0 bridgehead atoms. The van der Waals surface area contributed by atoms with Crippen molar-refractivity contribution in [2.45, 2.75) is 6.54 Å². The third-order valence-electron chi connectivity index (χ3n) is 2.76. The molecule has 1 N–H and O–H groups in total. The largest absolute Gasteiger partial charge is 0.380 e. The molecule has 7 nitrogen and oxygen atoms in total. The Morgan fingerprint density at radius 2 is 1.76 bits per heavy atom. The first-order chi connectivity index (χ1) is 9.97. The molecule has 2 aromatic rings. The SMILES string of the molecule is O=[N+]([O-])c1cc(F)cc(NCc2ccccc2[N+](=O)[O-])c1. The number of para-hydroxylation sites is 1. The van der Waals surface area contributed by atoms with Crippen molar-refractivity contribution in [3.63, 3.8) is 0 Å². The molecule has 0 fully saturated rings. The molecule has 0 aliphatic rings. The van der Waals surface area contributed by atoms with Crippen LogP contribution in [0.3, 0.4) is 0 Å². The van der Waals surface area contributed by atoms with Gasteiger partial charge in [0.15, 0.2) is 0 Å². The van der Waals surface area contributed by atoms with E-state index in [4.69, 9.17) is 0 Å². The van der Waals surface area contributed by atoms with Gasteiger partial charge < -0.3 is 5.32 Å². The summed E-state index contributed by atoms with van der Waals surface area (Å²) in [7, 11) is 0. The second-order valence-electron chi connectivity index (χ2n) is 4.19. The van der Waals surface area contributed by atoms with Crippen molar-refractivity contribution < 1.29 is 14.2 Å². The van der Waals surface area contributed by atoms with Crippen molar-refractivity contribution in [2.75, 3.05) is 5.32 Å². The molecule has 0 unspecified atom stereocenters. The third-order valence-corrected chi connectivity index (χ3v) is 2.76. The van der Waals surface area contributed by atoms with E-state index in [1.165, 1.54) is 12.1 Å². The van der Waals surface area contributed by atoms with E-state index in [0.29, 0.717) is 5.56 Å². The summed E-state index contributed by atoms with van der Waals surface area (Å²) in [6.45, 7) is 0.0533. The molecule has 0 aliphatic heterocycles. The highest BCUT2D eigenvalue weighted by atomic mass is 19.1. The van der Waals surface area contributed by atoms with Crippen molar-refractivity contribution in [1.82, 2.24) is 0 Å². The van der Waals surface area contributed by atoms with Gasteiger partial charge in [0.1, 0.15) is 5.82 Å². The Bertz CT molecular complexity index is 706. The number of benzene rings is 2. The minimum absolute atomic E-state index is 0.0533. The van der Waals surface area contributed by atoms with Gasteiger partial charge in [0, 0.05) is 29.9 Å². The Balaban J connectivity index is 2.21. The highest BCUT2D eigenvalue weighted by molar-refractivity contribution is 5.53. The van der Waals surface area contributed by atoms with E-state index in [-0.39, 0.29) is 23.6 Å². The van der Waals surface area contributed by atoms with E-state index < -0.39 is 15.7 Å². The fourth-order valence-corrected chi connectivity index (χ4v) is 1.82. The van der Waals surface area contributed by atoms with Gasteiger partial charge in [-0.25, -0.2) is 4.39 Å². The predicted molar refractivity (Wildman–Crippen MR) is 73.5 cm³/mol. The van der Waals surface area contributed by atoms with Crippen molar-refractivity contribution >= 4 is 17.1 Å². The zero-order valence-electron chi connectivity index (χ0n) is 10.7. The standard InChI is InChI=1S/C13H10FN3O4/c14-10-5-11(7-12(6-10)16(18)19)15-8-9-3-1-2-4-13(9)17(20)21/h1-7,15H,8H2. The van der Waals surface area contributed by atoms with Crippen LogP contribution in [-0.2, 0) is 6.54 Å². The quantitative estimate of drug-likeness (QED) is 0.673. The first-order valence-electron chi connectivity index (χ1n) is 5.88. The molecule has 0 heterocycles. The highest BCUT2D eigenvalue weighted by Crippen LogP contribution is 2.22. The van der Waals surface area contributed by atoms with Crippen LogP contribution in [0.15, 0.2) is 42.5 Å². The van der Waals surface area contributed by atoms with Gasteiger partial charge in [-0.15, -0.1) is 0 Å². The molecule has 2 rings (SSSR count). The van der Waals surface area contributed by atoms with E-state index in [1.807, 2.05) is 0 Å². The van der Waals surface area contributed by atoms with E-state index in [9.17, 15) is 24.6 Å². The molecule has 2 aromatic carbocycles. The maximum atomic E-state index is 13.3. The number of nitro groups is 2. The molecule has 0 saturated heterocycles. The molecule has 0 aliphatic carbocycles. The molecule has 0 spiro atoms. The van der Waals surface area contributed by atoms with E-state index in [0.717, 1.165) is 18.2 Å². The summed E-state index contributed by atoms with van der Waals surface area (Å²) >= 11 is 0. The minimum atomic E-state index is -0.755. The smallest absolute Gasteiger partial charge is 0.274 e. The summed E-state index contributed by atoms with van der Waals surface area (Å²) in [4.78, 5) is 20.3. The number of non-ortho nitro benzene ring substituents is 1. The van der Waals surface area contributed by atoms with Crippen LogP contribution in [-0.4, -0.2) is 9.85 Å². The van der Waals surface area contributed by atoms with Crippen LogP contribution in [0.5, 0.6) is 0 Å². The fourth-order valence-electron chi connectivity index (χ4n) is 1.82. The van der Waals surface area contributed by atoms with Gasteiger partial charge in [0.25, 0.3) is 11.4 Å². The molecule has 108 valence electrons. The Morgan fingerprint density at radius 1 is 1.05 bits per heavy atom. The van der Waals surface area contributed by atoms with Crippen LogP contribution in [0.1, 0.15) is 5.56 Å². The first-order valence-corrected chi connectivity index (χ1v) is 5.88. The monoisotopic (exact) mass is 291 g/mol. The molecule has 8 heteroatoms. The summed E-state index contributed by atoms with van der Waals surface area (Å²) in [5, 5.41) is 24.2. The van der Waals surface area contributed by atoms with Crippen molar-refractivity contribution in [2.24, 2.45) is 0 Å². The molecule has 0 radical (unpaired) electrons. The van der Waals surface area contributed by atoms with Gasteiger partial charge >= 0.3 is 0 Å². The summed E-state index contributed by atoms with van der Waals surface area (Å²) in [6, 6.07) is 9.13. The van der Waals surface area contributed by atoms with Gasteiger partial charge in [0.2, 0.25) is 0 Å². The van der Waals surface area contributed by atoms with Crippen molar-refractivity contribution in [3.8, 4) is 0 Å². The number of halogens is 1. The topological polar surface area (TPSA) is 98.3 Å². The van der Waals surface area contributed by atoms with Crippen LogP contribution in [0, 0.1) is 26.0 Å². The van der Waals surface area contributed by atoms with Gasteiger partial charge in [-0.05, 0) is 6.07 Å². The lowest BCUT2D eigenvalue weighted by molar-refractivity contribution is -0.385. The average molecular weight is 291 g/mol. The summed E-state index contributed by atoms with van der Waals surface area (Å²) in [5.41, 5.74) is 0.116. The Morgan fingerprint density at radius 3 is 2.43 bits per heavy atom. The summed E-state index contributed by atoms with van der Waals surface area (Å²) in [6.07, 6.45) is 0. The maximum Gasteiger partial charge on any atom is 0.274 e. The van der Waals surface area contributed by atoms with Crippen molar-refractivity contribution in [1.29, 1.82) is 0 Å². The molecular weight excluding hydrogens is 281 g/mol. The molecule has 0 aromatic heterocycles. The van der Waals surface area contributed by atoms with Gasteiger partial charge in [-0.1, -0.05) is 18.2 Å². The van der Waals surface area contributed by atoms with Crippen molar-refractivity contribution in [3.05, 3.63) is 74.1 Å². The van der Waals surface area contributed by atoms with E-state index in [1.54, 1.807) is 12.1 Å². The number of nitro benzene ring substituents is 2. The lowest BCUT2D eigenvalue weighted by Crippen LogP contribution is -2.03. The zero-order chi connectivity index (χ0) is 15.4. The molecule has 21 heavy (non-hydrogen) atoms. The van der Waals surface area contributed by atoms with Crippen LogP contribution in [0.4, 0.5) is 21.5 Å². The maximum absolute atomic E-state index is 13.3. The number of nitrogens with zero attached hydrogens (tertiary/aromatic N) is 2. The van der Waals surface area contributed by atoms with Crippen LogP contribution in [0.25, 0.3) is 0 Å². The van der Waals surface area contributed by atoms with E-state index in [2.05, 4.69) is 5.32 Å². The molecular formula is C13H10FN3O4.